The molecule has 0 aromatic rings. The lowest BCUT2D eigenvalue weighted by Gasteiger charge is -2.10. The van der Waals surface area contributed by atoms with Crippen molar-refractivity contribution in [3.63, 3.8) is 0 Å². The van der Waals surface area contributed by atoms with E-state index in [9.17, 15) is 0 Å². The fourth-order valence-corrected chi connectivity index (χ4v) is 0.740. The highest BCUT2D eigenvalue weighted by Crippen LogP contribution is 1.93. The molecular formula is C10H19N. The minimum Gasteiger partial charge on any atom is -0.311 e. The molecule has 0 saturated carbocycles. The van der Waals surface area contributed by atoms with E-state index in [0.29, 0.717) is 6.04 Å². The summed E-state index contributed by atoms with van der Waals surface area (Å²) in [5.41, 5.74) is 1.33. The summed E-state index contributed by atoms with van der Waals surface area (Å²) in [7, 11) is 0. The molecule has 0 bridgehead atoms. The number of hydrogen-bond acceptors (Lipinski definition) is 1. The molecule has 1 nitrogen and oxygen atoms in total. The zero-order chi connectivity index (χ0) is 8.69. The third kappa shape index (κ3) is 5.86. The van der Waals surface area contributed by atoms with Crippen molar-refractivity contribution in [2.24, 2.45) is 0 Å². The van der Waals surface area contributed by atoms with Gasteiger partial charge < -0.3 is 5.32 Å². The number of allylic oxidation sites excluding steroid dienone is 2. The summed E-state index contributed by atoms with van der Waals surface area (Å²) >= 11 is 0. The van der Waals surface area contributed by atoms with Gasteiger partial charge in [-0.05, 0) is 20.3 Å². The summed E-state index contributed by atoms with van der Waals surface area (Å²) in [5, 5.41) is 3.40. The zero-order valence-electron chi connectivity index (χ0n) is 7.85. The molecule has 0 aliphatic heterocycles. The molecule has 0 heterocycles. The van der Waals surface area contributed by atoms with Crippen LogP contribution >= 0.6 is 0 Å². The van der Waals surface area contributed by atoms with E-state index >= 15 is 0 Å². The second-order valence-corrected chi connectivity index (χ2v) is 2.94. The first kappa shape index (κ1) is 10.4. The molecule has 0 rings (SSSR count). The van der Waals surface area contributed by atoms with Gasteiger partial charge in [0.15, 0.2) is 0 Å². The fraction of sp³-hybridized carbons (Fsp3) is 0.600. The molecule has 1 atom stereocenters. The average Bonchev–Trinajstić information content (AvgIpc) is 2.01. The first-order chi connectivity index (χ1) is 5.20. The standard InChI is InChI=1S/C10H19N/c1-5-7-9(3)8-11-10(4)6-2/h5,7,10-11H,1,6,8H2,2-4H3. The molecule has 0 radical (unpaired) electrons. The maximum atomic E-state index is 3.64. The van der Waals surface area contributed by atoms with E-state index in [1.54, 1.807) is 0 Å². The molecule has 0 aromatic heterocycles. The van der Waals surface area contributed by atoms with Gasteiger partial charge in [0.2, 0.25) is 0 Å². The molecule has 1 unspecified atom stereocenters. The molecule has 0 aliphatic rings. The molecule has 64 valence electrons. The van der Waals surface area contributed by atoms with Crippen LogP contribution in [-0.4, -0.2) is 12.6 Å². The number of nitrogens with one attached hydrogen (secondary N) is 1. The first-order valence-electron chi connectivity index (χ1n) is 4.22. The predicted octanol–water partition coefficient (Wildman–Crippen LogP) is 2.51. The maximum absolute atomic E-state index is 3.64. The predicted molar refractivity (Wildman–Crippen MR) is 51.7 cm³/mol. The molecule has 0 aliphatic carbocycles. The molecular weight excluding hydrogens is 134 g/mol. The minimum absolute atomic E-state index is 0.614. The van der Waals surface area contributed by atoms with E-state index in [-0.39, 0.29) is 0 Å². The third-order valence-corrected chi connectivity index (χ3v) is 1.74. The maximum Gasteiger partial charge on any atom is 0.0167 e. The Bertz CT molecular complexity index is 136. The second-order valence-electron chi connectivity index (χ2n) is 2.94. The van der Waals surface area contributed by atoms with Gasteiger partial charge in [0.25, 0.3) is 0 Å². The van der Waals surface area contributed by atoms with E-state index in [0.717, 1.165) is 6.54 Å². The lowest BCUT2D eigenvalue weighted by molar-refractivity contribution is 0.560. The van der Waals surface area contributed by atoms with Crippen molar-refractivity contribution >= 4 is 0 Å². The van der Waals surface area contributed by atoms with Crippen LogP contribution in [0.2, 0.25) is 0 Å². The molecule has 0 saturated heterocycles. The Kier molecular flexibility index (Phi) is 5.86. The van der Waals surface area contributed by atoms with Crippen molar-refractivity contribution in [1.29, 1.82) is 0 Å². The van der Waals surface area contributed by atoms with Gasteiger partial charge in [-0.3, -0.25) is 0 Å². The highest BCUT2D eigenvalue weighted by molar-refractivity contribution is 5.09. The lowest BCUT2D eigenvalue weighted by Crippen LogP contribution is -2.26. The van der Waals surface area contributed by atoms with Gasteiger partial charge in [0.05, 0.1) is 0 Å². The van der Waals surface area contributed by atoms with Crippen LogP contribution in [0.3, 0.4) is 0 Å². The van der Waals surface area contributed by atoms with Crippen molar-refractivity contribution in [3.05, 3.63) is 24.3 Å². The number of rotatable bonds is 5. The third-order valence-electron chi connectivity index (χ3n) is 1.74. The van der Waals surface area contributed by atoms with Crippen LogP contribution in [0.25, 0.3) is 0 Å². The molecule has 11 heavy (non-hydrogen) atoms. The quantitative estimate of drug-likeness (QED) is 0.598. The largest absolute Gasteiger partial charge is 0.311 e. The van der Waals surface area contributed by atoms with Crippen LogP contribution in [0.15, 0.2) is 24.3 Å². The van der Waals surface area contributed by atoms with E-state index < -0.39 is 0 Å². The Hall–Kier alpha value is -0.560. The summed E-state index contributed by atoms with van der Waals surface area (Å²) in [6.07, 6.45) is 5.05. The monoisotopic (exact) mass is 153 g/mol. The summed E-state index contributed by atoms with van der Waals surface area (Å²) in [6, 6.07) is 0.614. The van der Waals surface area contributed by atoms with Crippen LogP contribution in [0.5, 0.6) is 0 Å². The second kappa shape index (κ2) is 6.17. The van der Waals surface area contributed by atoms with Gasteiger partial charge in [0, 0.05) is 12.6 Å². The van der Waals surface area contributed by atoms with Crippen molar-refractivity contribution < 1.29 is 0 Å². The van der Waals surface area contributed by atoms with Gasteiger partial charge in [-0.2, -0.15) is 0 Å². The van der Waals surface area contributed by atoms with Crippen molar-refractivity contribution in [1.82, 2.24) is 5.32 Å². The van der Waals surface area contributed by atoms with Crippen molar-refractivity contribution in [3.8, 4) is 0 Å². The van der Waals surface area contributed by atoms with Gasteiger partial charge in [-0.1, -0.05) is 31.2 Å². The normalized spacial score (nSPS) is 14.6. The Labute approximate surface area is 70.2 Å². The van der Waals surface area contributed by atoms with Crippen LogP contribution < -0.4 is 5.32 Å². The average molecular weight is 153 g/mol. The topological polar surface area (TPSA) is 12.0 Å². The smallest absolute Gasteiger partial charge is 0.0167 e. The summed E-state index contributed by atoms with van der Waals surface area (Å²) in [4.78, 5) is 0. The molecule has 0 spiro atoms. The Morgan fingerprint density at radius 3 is 2.73 bits per heavy atom. The van der Waals surface area contributed by atoms with Crippen LogP contribution in [0.1, 0.15) is 27.2 Å². The Balaban J connectivity index is 3.52. The van der Waals surface area contributed by atoms with E-state index in [1.165, 1.54) is 12.0 Å². The Morgan fingerprint density at radius 2 is 2.27 bits per heavy atom. The van der Waals surface area contributed by atoms with Gasteiger partial charge >= 0.3 is 0 Å². The van der Waals surface area contributed by atoms with Crippen LogP contribution in [0, 0.1) is 0 Å². The fourth-order valence-electron chi connectivity index (χ4n) is 0.740. The summed E-state index contributed by atoms with van der Waals surface area (Å²) in [5.74, 6) is 0. The molecule has 1 N–H and O–H groups in total. The zero-order valence-corrected chi connectivity index (χ0v) is 7.85. The highest BCUT2D eigenvalue weighted by Gasteiger charge is 1.95. The minimum atomic E-state index is 0.614. The summed E-state index contributed by atoms with van der Waals surface area (Å²) in [6.45, 7) is 11.1. The first-order valence-corrected chi connectivity index (χ1v) is 4.22. The van der Waals surface area contributed by atoms with Gasteiger partial charge in [-0.25, -0.2) is 0 Å². The SMILES string of the molecule is C=CC=C(C)CNC(C)CC. The van der Waals surface area contributed by atoms with Crippen LogP contribution in [0.4, 0.5) is 0 Å². The molecule has 0 aromatic carbocycles. The van der Waals surface area contributed by atoms with E-state index in [1.807, 2.05) is 12.2 Å². The Morgan fingerprint density at radius 1 is 1.64 bits per heavy atom. The lowest BCUT2D eigenvalue weighted by atomic mass is 10.2. The van der Waals surface area contributed by atoms with Crippen molar-refractivity contribution in [2.45, 2.75) is 33.2 Å². The molecule has 0 fully saturated rings. The highest BCUT2D eigenvalue weighted by atomic mass is 14.9. The number of hydrogen-bond donors (Lipinski definition) is 1. The van der Waals surface area contributed by atoms with Crippen LogP contribution in [-0.2, 0) is 0 Å². The molecule has 0 amide bonds. The van der Waals surface area contributed by atoms with Crippen molar-refractivity contribution in [2.75, 3.05) is 6.54 Å². The van der Waals surface area contributed by atoms with Gasteiger partial charge in [-0.15, -0.1) is 0 Å². The van der Waals surface area contributed by atoms with E-state index in [4.69, 9.17) is 0 Å². The summed E-state index contributed by atoms with van der Waals surface area (Å²) < 4.78 is 0. The molecule has 1 heteroatoms. The van der Waals surface area contributed by atoms with E-state index in [2.05, 4.69) is 32.7 Å². The van der Waals surface area contributed by atoms with Gasteiger partial charge in [0.1, 0.15) is 0 Å².